The highest BCUT2D eigenvalue weighted by Gasteiger charge is 2.10. The summed E-state index contributed by atoms with van der Waals surface area (Å²) in [6.07, 6.45) is 1.67. The third-order valence-electron chi connectivity index (χ3n) is 2.44. The number of nitrogen functional groups attached to an aromatic ring is 1. The van der Waals surface area contributed by atoms with Crippen molar-refractivity contribution in [2.45, 2.75) is 0 Å². The normalized spacial score (nSPS) is 11.1. The van der Waals surface area contributed by atoms with Crippen LogP contribution in [0.25, 0.3) is 22.3 Å². The minimum absolute atomic E-state index is 0.458. The van der Waals surface area contributed by atoms with Gasteiger partial charge in [-0.15, -0.1) is 0 Å². The zero-order valence-electron chi connectivity index (χ0n) is 8.16. The van der Waals surface area contributed by atoms with Crippen molar-refractivity contribution >= 4 is 32.8 Å². The molecule has 0 aliphatic carbocycles. The molecule has 16 heavy (non-hydrogen) atoms. The van der Waals surface area contributed by atoms with Gasteiger partial charge in [0.05, 0.1) is 27.5 Å². The molecule has 2 aromatic heterocycles. The van der Waals surface area contributed by atoms with Crippen molar-refractivity contribution in [1.29, 1.82) is 0 Å². The van der Waals surface area contributed by atoms with Crippen LogP contribution in [-0.2, 0) is 0 Å². The Morgan fingerprint density at radius 3 is 2.94 bits per heavy atom. The van der Waals surface area contributed by atoms with Gasteiger partial charge in [0.1, 0.15) is 0 Å². The van der Waals surface area contributed by atoms with Crippen molar-refractivity contribution in [3.8, 4) is 11.3 Å². The Labute approximate surface area is 99.2 Å². The largest absolute Gasteiger partial charge is 0.381 e. The minimum Gasteiger partial charge on any atom is -0.381 e. The summed E-state index contributed by atoms with van der Waals surface area (Å²) in [6.45, 7) is 0. The number of nitrogens with one attached hydrogen (secondary N) is 2. The third-order valence-corrected chi connectivity index (χ3v) is 3.24. The van der Waals surface area contributed by atoms with E-state index in [1.54, 1.807) is 6.33 Å². The molecule has 0 amide bonds. The second-order valence-electron chi connectivity index (χ2n) is 3.43. The number of hydrogen-bond acceptors (Lipinski definition) is 3. The molecular formula is C10H8BrN5. The highest BCUT2D eigenvalue weighted by molar-refractivity contribution is 9.10. The Morgan fingerprint density at radius 1 is 1.31 bits per heavy atom. The van der Waals surface area contributed by atoms with Gasteiger partial charge in [-0.05, 0) is 28.1 Å². The number of nitrogens with two attached hydrogens (primary N) is 1. The number of imidazole rings is 1. The van der Waals surface area contributed by atoms with Crippen LogP contribution >= 0.6 is 15.9 Å². The number of fused-ring (bicyclic) bond motifs is 1. The molecule has 0 bridgehead atoms. The van der Waals surface area contributed by atoms with Gasteiger partial charge < -0.3 is 10.7 Å². The van der Waals surface area contributed by atoms with Gasteiger partial charge in [0.2, 0.25) is 0 Å². The van der Waals surface area contributed by atoms with Crippen molar-refractivity contribution in [3.05, 3.63) is 29.0 Å². The summed E-state index contributed by atoms with van der Waals surface area (Å²) in [5.74, 6) is 0.458. The van der Waals surface area contributed by atoms with E-state index in [0.29, 0.717) is 5.82 Å². The lowest BCUT2D eigenvalue weighted by atomic mass is 10.1. The molecule has 0 unspecified atom stereocenters. The number of halogens is 1. The summed E-state index contributed by atoms with van der Waals surface area (Å²) in [6, 6.07) is 5.92. The zero-order chi connectivity index (χ0) is 11.1. The molecule has 0 radical (unpaired) electrons. The number of benzene rings is 1. The molecule has 0 aliphatic heterocycles. The first kappa shape index (κ1) is 9.41. The molecule has 0 atom stereocenters. The third kappa shape index (κ3) is 1.30. The van der Waals surface area contributed by atoms with Crippen molar-refractivity contribution in [3.63, 3.8) is 0 Å². The Balaban J connectivity index is 2.21. The van der Waals surface area contributed by atoms with Crippen LogP contribution in [-0.4, -0.2) is 20.2 Å². The number of aromatic nitrogens is 4. The summed E-state index contributed by atoms with van der Waals surface area (Å²) in [5.41, 5.74) is 9.46. The number of hydrogen-bond donors (Lipinski definition) is 3. The molecule has 0 saturated heterocycles. The smallest absolute Gasteiger partial charge is 0.160 e. The fourth-order valence-electron chi connectivity index (χ4n) is 1.62. The van der Waals surface area contributed by atoms with E-state index in [1.807, 2.05) is 18.2 Å². The molecule has 0 fully saturated rings. The van der Waals surface area contributed by atoms with Crippen LogP contribution in [0.4, 0.5) is 5.82 Å². The van der Waals surface area contributed by atoms with Gasteiger partial charge in [-0.25, -0.2) is 4.98 Å². The van der Waals surface area contributed by atoms with Crippen LogP contribution in [0, 0.1) is 0 Å². The van der Waals surface area contributed by atoms with Crippen molar-refractivity contribution in [2.75, 3.05) is 5.73 Å². The molecule has 3 rings (SSSR count). The zero-order valence-corrected chi connectivity index (χ0v) is 9.75. The molecule has 3 aromatic rings. The molecule has 80 valence electrons. The molecule has 0 saturated carbocycles. The lowest BCUT2D eigenvalue weighted by molar-refractivity contribution is 1.10. The number of aromatic amines is 2. The van der Waals surface area contributed by atoms with E-state index in [-0.39, 0.29) is 0 Å². The Hall–Kier alpha value is -1.82. The summed E-state index contributed by atoms with van der Waals surface area (Å²) in [7, 11) is 0. The summed E-state index contributed by atoms with van der Waals surface area (Å²) < 4.78 is 0.784. The van der Waals surface area contributed by atoms with E-state index >= 15 is 0 Å². The first-order valence-corrected chi connectivity index (χ1v) is 5.48. The van der Waals surface area contributed by atoms with Crippen molar-refractivity contribution in [2.24, 2.45) is 0 Å². The average Bonchev–Trinajstić information content (AvgIpc) is 2.86. The minimum atomic E-state index is 0.458. The molecule has 1 aromatic carbocycles. The second-order valence-corrected chi connectivity index (χ2v) is 4.23. The van der Waals surface area contributed by atoms with Gasteiger partial charge in [0.15, 0.2) is 5.82 Å². The first-order chi connectivity index (χ1) is 7.75. The maximum absolute atomic E-state index is 5.66. The first-order valence-electron chi connectivity index (χ1n) is 4.68. The predicted octanol–water partition coefficient (Wildman–Crippen LogP) is 2.30. The van der Waals surface area contributed by atoms with E-state index in [0.717, 1.165) is 26.8 Å². The summed E-state index contributed by atoms with van der Waals surface area (Å²) in [4.78, 5) is 7.23. The van der Waals surface area contributed by atoms with E-state index in [2.05, 4.69) is 36.1 Å². The molecular weight excluding hydrogens is 270 g/mol. The van der Waals surface area contributed by atoms with Gasteiger partial charge in [-0.3, -0.25) is 5.10 Å². The summed E-state index contributed by atoms with van der Waals surface area (Å²) in [5, 5.41) is 6.83. The highest BCUT2D eigenvalue weighted by atomic mass is 79.9. The van der Waals surface area contributed by atoms with Gasteiger partial charge in [0, 0.05) is 5.56 Å². The molecule has 4 N–H and O–H groups in total. The SMILES string of the molecule is Nc1n[nH]c(-c2ccc3nc[nH]c3c2)c1Br. The van der Waals surface area contributed by atoms with Crippen LogP contribution < -0.4 is 5.73 Å². The fraction of sp³-hybridized carbons (Fsp3) is 0. The topological polar surface area (TPSA) is 83.4 Å². The monoisotopic (exact) mass is 277 g/mol. The lowest BCUT2D eigenvalue weighted by Crippen LogP contribution is -1.83. The van der Waals surface area contributed by atoms with Gasteiger partial charge in [-0.2, -0.15) is 5.10 Å². The van der Waals surface area contributed by atoms with Crippen LogP contribution in [0.2, 0.25) is 0 Å². The molecule has 5 nitrogen and oxygen atoms in total. The Kier molecular flexibility index (Phi) is 1.97. The van der Waals surface area contributed by atoms with Crippen molar-refractivity contribution in [1.82, 2.24) is 20.2 Å². The standard InChI is InChI=1S/C10H8BrN5/c11-8-9(15-16-10(8)12)5-1-2-6-7(3-5)14-4-13-6/h1-4H,(H,13,14)(H3,12,15,16). The second kappa shape index (κ2) is 3.34. The number of nitrogens with zero attached hydrogens (tertiary/aromatic N) is 2. The number of H-pyrrole nitrogens is 2. The lowest BCUT2D eigenvalue weighted by Gasteiger charge is -1.98. The number of anilines is 1. The molecule has 0 spiro atoms. The van der Waals surface area contributed by atoms with Crippen LogP contribution in [0.15, 0.2) is 29.0 Å². The molecule has 2 heterocycles. The van der Waals surface area contributed by atoms with Gasteiger partial charge >= 0.3 is 0 Å². The van der Waals surface area contributed by atoms with Gasteiger partial charge in [-0.1, -0.05) is 6.07 Å². The maximum Gasteiger partial charge on any atom is 0.160 e. The van der Waals surface area contributed by atoms with Crippen molar-refractivity contribution < 1.29 is 0 Å². The van der Waals surface area contributed by atoms with E-state index < -0.39 is 0 Å². The van der Waals surface area contributed by atoms with Crippen LogP contribution in [0.5, 0.6) is 0 Å². The predicted molar refractivity (Wildman–Crippen MR) is 65.8 cm³/mol. The molecule has 6 heteroatoms. The van der Waals surface area contributed by atoms with Gasteiger partial charge in [0.25, 0.3) is 0 Å². The Bertz CT molecular complexity index is 654. The fourth-order valence-corrected chi connectivity index (χ4v) is 2.03. The average molecular weight is 278 g/mol. The Morgan fingerprint density at radius 2 is 2.19 bits per heavy atom. The maximum atomic E-state index is 5.66. The number of rotatable bonds is 1. The van der Waals surface area contributed by atoms with Crippen LogP contribution in [0.1, 0.15) is 0 Å². The highest BCUT2D eigenvalue weighted by Crippen LogP contribution is 2.31. The quantitative estimate of drug-likeness (QED) is 0.638. The van der Waals surface area contributed by atoms with E-state index in [9.17, 15) is 0 Å². The molecule has 0 aliphatic rings. The van der Waals surface area contributed by atoms with Crippen LogP contribution in [0.3, 0.4) is 0 Å². The summed E-state index contributed by atoms with van der Waals surface area (Å²) >= 11 is 3.40. The van der Waals surface area contributed by atoms with E-state index in [4.69, 9.17) is 5.73 Å². The van der Waals surface area contributed by atoms with E-state index in [1.165, 1.54) is 0 Å².